The van der Waals surface area contributed by atoms with E-state index in [2.05, 4.69) is 16.3 Å². The molecule has 3 rings (SSSR count). The van der Waals surface area contributed by atoms with Gasteiger partial charge in [-0.3, -0.25) is 9.69 Å². The number of thioether (sulfide) groups is 1. The van der Waals surface area contributed by atoms with Crippen molar-refractivity contribution in [3.63, 3.8) is 0 Å². The maximum absolute atomic E-state index is 13.1. The molecule has 0 saturated heterocycles. The molecule has 1 heterocycles. The number of benzene rings is 2. The number of anilines is 1. The third-order valence-electron chi connectivity index (χ3n) is 4.09. The minimum Gasteiger partial charge on any atom is -0.504 e. The summed E-state index contributed by atoms with van der Waals surface area (Å²) in [5, 5.41) is 10.6. The average Bonchev–Trinajstić information content (AvgIpc) is 3.04. The maximum atomic E-state index is 13.1. The molecule has 0 saturated carbocycles. The molecule has 1 N–H and O–H groups in total. The summed E-state index contributed by atoms with van der Waals surface area (Å²) in [4.78, 5) is 18.9. The van der Waals surface area contributed by atoms with E-state index in [1.54, 1.807) is 25.1 Å². The molecule has 1 aliphatic rings. The number of amidine groups is 1. The number of amides is 1. The largest absolute Gasteiger partial charge is 0.504 e. The zero-order valence-electron chi connectivity index (χ0n) is 16.9. The molecule has 0 spiro atoms. The maximum Gasteiger partial charge on any atom is 0.387 e. The Morgan fingerprint density at radius 3 is 2.66 bits per heavy atom. The first-order valence-electron chi connectivity index (χ1n) is 9.40. The Labute approximate surface area is 192 Å². The quantitative estimate of drug-likeness (QED) is 0.496. The van der Waals surface area contributed by atoms with Crippen molar-refractivity contribution in [3.8, 4) is 17.2 Å². The second kappa shape index (κ2) is 10.5. The summed E-state index contributed by atoms with van der Waals surface area (Å²) < 4.78 is 34.6. The Kier molecular flexibility index (Phi) is 7.76. The highest BCUT2D eigenvalue weighted by Gasteiger charge is 2.32. The number of phenolic OH excluding ortho intramolecular Hbond substituents is 1. The number of hydrogen-bond acceptors (Lipinski definition) is 6. The lowest BCUT2D eigenvalue weighted by Gasteiger charge is -2.18. The summed E-state index contributed by atoms with van der Waals surface area (Å²) in [7, 11) is 0. The molecule has 1 amide bonds. The van der Waals surface area contributed by atoms with Gasteiger partial charge in [0.05, 0.1) is 12.3 Å². The second-order valence-corrected chi connectivity index (χ2v) is 7.88. The summed E-state index contributed by atoms with van der Waals surface area (Å²) in [6.07, 6.45) is 1.56. The van der Waals surface area contributed by atoms with Gasteiger partial charge in [0.2, 0.25) is 0 Å². The Bertz CT molecular complexity index is 1070. The molecule has 32 heavy (non-hydrogen) atoms. The van der Waals surface area contributed by atoms with E-state index in [1.165, 1.54) is 47.0 Å². The topological polar surface area (TPSA) is 71.4 Å². The molecule has 2 aromatic carbocycles. The lowest BCUT2D eigenvalue weighted by molar-refractivity contribution is -0.113. The smallest absolute Gasteiger partial charge is 0.387 e. The molecule has 168 valence electrons. The summed E-state index contributed by atoms with van der Waals surface area (Å²) in [5.74, 6) is 0.147. The van der Waals surface area contributed by atoms with Crippen molar-refractivity contribution in [1.29, 1.82) is 0 Å². The van der Waals surface area contributed by atoms with Crippen molar-refractivity contribution < 1.29 is 28.2 Å². The van der Waals surface area contributed by atoms with Gasteiger partial charge in [-0.25, -0.2) is 4.99 Å². The zero-order valence-corrected chi connectivity index (χ0v) is 18.5. The fourth-order valence-electron chi connectivity index (χ4n) is 2.79. The average molecular weight is 481 g/mol. The number of halogens is 3. The molecule has 2 aromatic rings. The standard InChI is InChI=1S/C22H19ClF2N2O4S/c1-3-30-19-11-14(4-9-18(19)28)10-17-20(29)27(22(26-17)32-12-13(2)23)15-5-7-16(8-6-15)31-21(24)25/h4-11,21,28H,2-3,12H2,1H3/b17-10-. The number of aromatic hydroxyl groups is 1. The van der Waals surface area contributed by atoms with E-state index in [9.17, 15) is 18.7 Å². The van der Waals surface area contributed by atoms with E-state index < -0.39 is 12.5 Å². The molecule has 1 aliphatic heterocycles. The highest BCUT2D eigenvalue weighted by atomic mass is 35.5. The van der Waals surface area contributed by atoms with Gasteiger partial charge < -0.3 is 14.6 Å². The molecule has 0 atom stereocenters. The fraction of sp³-hybridized carbons (Fsp3) is 0.182. The third-order valence-corrected chi connectivity index (χ3v) is 5.41. The molecule has 0 radical (unpaired) electrons. The number of aliphatic imine (C=N–C) groups is 1. The van der Waals surface area contributed by atoms with Crippen LogP contribution in [0.3, 0.4) is 0 Å². The Balaban J connectivity index is 1.94. The normalized spacial score (nSPS) is 14.8. The van der Waals surface area contributed by atoms with E-state index in [0.29, 0.717) is 33.8 Å². The summed E-state index contributed by atoms with van der Waals surface area (Å²) in [5.41, 5.74) is 1.17. The van der Waals surface area contributed by atoms with Crippen LogP contribution in [-0.4, -0.2) is 35.2 Å². The van der Waals surface area contributed by atoms with Gasteiger partial charge in [0, 0.05) is 10.8 Å². The van der Waals surface area contributed by atoms with Gasteiger partial charge in [-0.1, -0.05) is 36.0 Å². The van der Waals surface area contributed by atoms with Gasteiger partial charge >= 0.3 is 6.61 Å². The second-order valence-electron chi connectivity index (χ2n) is 6.40. The van der Waals surface area contributed by atoms with Crippen LogP contribution in [0, 0.1) is 0 Å². The van der Waals surface area contributed by atoms with E-state index >= 15 is 0 Å². The van der Waals surface area contributed by atoms with Crippen LogP contribution in [0.1, 0.15) is 12.5 Å². The van der Waals surface area contributed by atoms with Crippen molar-refractivity contribution >= 4 is 46.2 Å². The van der Waals surface area contributed by atoms with Crippen molar-refractivity contribution in [2.75, 3.05) is 17.3 Å². The number of alkyl halides is 2. The fourth-order valence-corrected chi connectivity index (χ4v) is 3.72. The van der Waals surface area contributed by atoms with Crippen molar-refractivity contribution in [2.24, 2.45) is 4.99 Å². The minimum absolute atomic E-state index is 0.0140. The molecule has 0 fully saturated rings. The number of hydrogen-bond donors (Lipinski definition) is 1. The van der Waals surface area contributed by atoms with Gasteiger partial charge in [0.1, 0.15) is 11.4 Å². The minimum atomic E-state index is -2.95. The predicted octanol–water partition coefficient (Wildman–Crippen LogP) is 5.62. The van der Waals surface area contributed by atoms with Crippen LogP contribution >= 0.6 is 23.4 Å². The number of carbonyl (C=O) groups excluding carboxylic acids is 1. The van der Waals surface area contributed by atoms with Crippen molar-refractivity contribution in [2.45, 2.75) is 13.5 Å². The molecule has 0 unspecified atom stereocenters. The van der Waals surface area contributed by atoms with Crippen LogP contribution in [0.5, 0.6) is 17.2 Å². The van der Waals surface area contributed by atoms with Crippen LogP contribution in [0.25, 0.3) is 6.08 Å². The van der Waals surface area contributed by atoms with Crippen LogP contribution in [0.4, 0.5) is 14.5 Å². The van der Waals surface area contributed by atoms with E-state index in [1.807, 2.05) is 0 Å². The van der Waals surface area contributed by atoms with Crippen LogP contribution in [0.15, 0.2) is 64.8 Å². The molecular weight excluding hydrogens is 462 g/mol. The lowest BCUT2D eigenvalue weighted by atomic mass is 10.1. The van der Waals surface area contributed by atoms with E-state index in [-0.39, 0.29) is 22.9 Å². The summed E-state index contributed by atoms with van der Waals surface area (Å²) in [6.45, 7) is 2.85. The van der Waals surface area contributed by atoms with Crippen LogP contribution in [0.2, 0.25) is 0 Å². The molecule has 0 bridgehead atoms. The Morgan fingerprint density at radius 2 is 2.03 bits per heavy atom. The Morgan fingerprint density at radius 1 is 1.31 bits per heavy atom. The molecule has 0 aromatic heterocycles. The molecule has 10 heteroatoms. The summed E-state index contributed by atoms with van der Waals surface area (Å²) >= 11 is 7.08. The summed E-state index contributed by atoms with van der Waals surface area (Å²) in [6, 6.07) is 10.3. The third kappa shape index (κ3) is 5.80. The van der Waals surface area contributed by atoms with Gasteiger partial charge in [-0.05, 0) is 55.0 Å². The van der Waals surface area contributed by atoms with E-state index in [0.717, 1.165) is 0 Å². The molecule has 6 nitrogen and oxygen atoms in total. The van der Waals surface area contributed by atoms with Gasteiger partial charge in [-0.2, -0.15) is 8.78 Å². The molecule has 0 aliphatic carbocycles. The highest BCUT2D eigenvalue weighted by Crippen LogP contribution is 2.33. The van der Waals surface area contributed by atoms with E-state index in [4.69, 9.17) is 16.3 Å². The van der Waals surface area contributed by atoms with Gasteiger partial charge in [0.15, 0.2) is 16.7 Å². The van der Waals surface area contributed by atoms with Crippen molar-refractivity contribution in [3.05, 3.63) is 65.3 Å². The SMILES string of the molecule is C=C(Cl)CSC1=N/C(=C\c2ccc(O)c(OCC)c2)C(=O)N1c1ccc(OC(F)F)cc1. The van der Waals surface area contributed by atoms with Crippen LogP contribution < -0.4 is 14.4 Å². The monoisotopic (exact) mass is 480 g/mol. The number of rotatable bonds is 8. The van der Waals surface area contributed by atoms with Crippen LogP contribution in [-0.2, 0) is 4.79 Å². The van der Waals surface area contributed by atoms with Gasteiger partial charge in [-0.15, -0.1) is 0 Å². The van der Waals surface area contributed by atoms with Gasteiger partial charge in [0.25, 0.3) is 5.91 Å². The first kappa shape index (κ1) is 23.6. The molecular formula is C22H19ClF2N2O4S. The number of nitrogens with zero attached hydrogens (tertiary/aromatic N) is 2. The van der Waals surface area contributed by atoms with Crippen molar-refractivity contribution in [1.82, 2.24) is 0 Å². The lowest BCUT2D eigenvalue weighted by Crippen LogP contribution is -2.30. The number of ether oxygens (including phenoxy) is 2. The highest BCUT2D eigenvalue weighted by molar-refractivity contribution is 8.14. The Hall–Kier alpha value is -3.04. The zero-order chi connectivity index (χ0) is 23.3. The number of phenols is 1. The first-order chi connectivity index (χ1) is 15.3. The predicted molar refractivity (Wildman–Crippen MR) is 123 cm³/mol. The first-order valence-corrected chi connectivity index (χ1v) is 10.8. The number of carbonyl (C=O) groups is 1.